The number of Topliss-reactive ketones (excluding diaryl/α,β-unsaturated/α-hetero) is 2. The van der Waals surface area contributed by atoms with E-state index in [1.807, 2.05) is 0 Å². The van der Waals surface area contributed by atoms with E-state index in [4.69, 9.17) is 18.6 Å². The van der Waals surface area contributed by atoms with Crippen LogP contribution < -0.4 is 4.74 Å². The van der Waals surface area contributed by atoms with E-state index >= 15 is 0 Å². The molecule has 0 spiro atoms. The molecule has 1 aromatic carbocycles. The monoisotopic (exact) mass is 1280 g/mol. The van der Waals surface area contributed by atoms with Crippen LogP contribution in [0.4, 0.5) is 17.6 Å². The molecule has 3 aromatic rings. The molecule has 5 rings (SSSR count). The summed E-state index contributed by atoms with van der Waals surface area (Å²) in [5.74, 6) is -10.3. The number of hydroxylamine groups is 2. The number of imidazole rings is 1. The number of aliphatic hydroxyl groups is 2. The molecule has 2 aliphatic heterocycles. The fourth-order valence-electron chi connectivity index (χ4n) is 6.94. The van der Waals surface area contributed by atoms with E-state index < -0.39 is 148 Å². The second kappa shape index (κ2) is 29.5. The second-order valence-electron chi connectivity index (χ2n) is 22.9. The molecule has 2 amide bonds. The minimum absolute atomic E-state index is 0.00861. The molecule has 474 valence electrons. The molecular formula is C49H72F4N5O22P3S. The van der Waals surface area contributed by atoms with Gasteiger partial charge in [-0.2, -0.15) is 20.5 Å². The maximum atomic E-state index is 13.5. The highest BCUT2D eigenvalue weighted by molar-refractivity contribution is 8.00. The highest BCUT2D eigenvalue weighted by Gasteiger charge is 2.50. The van der Waals surface area contributed by atoms with E-state index in [1.165, 1.54) is 51.8 Å². The summed E-state index contributed by atoms with van der Waals surface area (Å²) in [6.45, 7) is 18.9. The number of aromatic nitrogens is 4. The van der Waals surface area contributed by atoms with Crippen LogP contribution in [-0.4, -0.2) is 138 Å². The molecule has 35 heteroatoms. The summed E-state index contributed by atoms with van der Waals surface area (Å²) in [5, 5.41) is 22.1. The molecule has 0 radical (unpaired) electrons. The largest absolute Gasteiger partial charge is 0.481 e. The minimum atomic E-state index is -5.51. The standard InChI is InChI=1S/C28H47N4O16P3S.C12H12F4O2.C9H13NO4/c1-17-21-25(30-15-29-17)32(16-31-21)26-22(35)23(47-49(37,38)39)20(46-26)13-44-50(40,41)48-51(42,43)45-14-28(5,6)24(36)19(34)11-7-9-18(33)10-8-12-52-27(2,3)4;1-5-6(13)8(15)9(16)10(7(5)14)18-11(17)12(2,3)4;1-9(2,3)8(13)14-10-6(11)4-5-7(10)12/h15-16,20,22-24,26,35-36H,7-14H2,1-6H3,(H,40,41)(H,42,43)(H2,37,38,39);1-4H3;4-5H2,1-3H3. The number of carbonyl (C=O) groups excluding carboxylic acids is 6. The Morgan fingerprint density at radius 1 is 0.774 bits per heavy atom. The van der Waals surface area contributed by atoms with Gasteiger partial charge in [0.25, 0.3) is 11.8 Å². The van der Waals surface area contributed by atoms with Crippen LogP contribution in [0.2, 0.25) is 0 Å². The van der Waals surface area contributed by atoms with E-state index in [0.29, 0.717) is 29.1 Å². The highest BCUT2D eigenvalue weighted by atomic mass is 32.2. The van der Waals surface area contributed by atoms with Gasteiger partial charge >= 0.3 is 35.4 Å². The SMILES string of the molecule is CC(C)(C)C(=O)ON1C(=O)CCC1=O.Cc1c(F)c(F)c(F)c(OC(=O)C(C)(C)C)c1F.Cc1ncnc2c1ncn2C1OC(COP(=O)(O)OP(=O)(O)OCC(C)(C)C(O)C(=O)CCCC(=O)CCCSC(C)(C)C)C(OP(=O)(O)O)C1O. The summed E-state index contributed by atoms with van der Waals surface area (Å²) >= 11 is 1.75. The molecule has 7 atom stereocenters. The zero-order valence-electron chi connectivity index (χ0n) is 48.3. The average Bonchev–Trinajstić information content (AvgIpc) is 3.22. The van der Waals surface area contributed by atoms with Crippen molar-refractivity contribution in [3.8, 4) is 5.75 Å². The summed E-state index contributed by atoms with van der Waals surface area (Å²) < 4.78 is 120. The van der Waals surface area contributed by atoms with E-state index in [-0.39, 0.29) is 48.3 Å². The first kappa shape index (κ1) is 73.8. The highest BCUT2D eigenvalue weighted by Crippen LogP contribution is 2.61. The lowest BCUT2D eigenvalue weighted by Gasteiger charge is -2.30. The second-order valence-corrected chi connectivity index (χ2v) is 29.0. The Balaban J connectivity index is 0.000000464. The molecule has 0 bridgehead atoms. The van der Waals surface area contributed by atoms with Gasteiger partial charge in [0.15, 0.2) is 35.1 Å². The number of amides is 2. The number of phosphoric ester groups is 3. The van der Waals surface area contributed by atoms with E-state index in [9.17, 15) is 89.8 Å². The normalized spacial score (nSPS) is 19.6. The Labute approximate surface area is 485 Å². The maximum Gasteiger partial charge on any atom is 0.481 e. The van der Waals surface area contributed by atoms with Crippen LogP contribution in [0.3, 0.4) is 0 Å². The van der Waals surface area contributed by atoms with Crippen molar-refractivity contribution in [2.24, 2.45) is 16.2 Å². The molecule has 84 heavy (non-hydrogen) atoms. The number of hydrogen-bond donors (Lipinski definition) is 6. The quantitative estimate of drug-likeness (QED) is 0.00794. The molecule has 7 unspecified atom stereocenters. The molecule has 2 fully saturated rings. The first-order chi connectivity index (χ1) is 38.2. The predicted octanol–water partition coefficient (Wildman–Crippen LogP) is 7.27. The van der Waals surface area contributed by atoms with Crippen LogP contribution in [0.5, 0.6) is 5.75 Å². The zero-order chi connectivity index (χ0) is 64.5. The van der Waals surface area contributed by atoms with Gasteiger partial charge in [-0.15, -0.1) is 5.06 Å². The van der Waals surface area contributed by atoms with Crippen LogP contribution in [-0.2, 0) is 69.9 Å². The zero-order valence-corrected chi connectivity index (χ0v) is 51.8. The molecule has 6 N–H and O–H groups in total. The maximum absolute atomic E-state index is 13.5. The summed E-state index contributed by atoms with van der Waals surface area (Å²) in [4.78, 5) is 126. The van der Waals surface area contributed by atoms with Gasteiger partial charge in [-0.25, -0.2) is 46.6 Å². The van der Waals surface area contributed by atoms with Gasteiger partial charge in [0, 0.05) is 47.8 Å². The van der Waals surface area contributed by atoms with Crippen molar-refractivity contribution in [3.05, 3.63) is 47.2 Å². The van der Waals surface area contributed by atoms with Crippen LogP contribution in [0, 0.1) is 53.4 Å². The number of imide groups is 1. The number of nitrogens with zero attached hydrogens (tertiary/aromatic N) is 5. The third kappa shape index (κ3) is 22.0. The number of carbonyl (C=O) groups is 6. The van der Waals surface area contributed by atoms with E-state index in [2.05, 4.69) is 49.3 Å². The Morgan fingerprint density at radius 3 is 1.88 bits per heavy atom. The van der Waals surface area contributed by atoms with Crippen molar-refractivity contribution in [1.82, 2.24) is 24.6 Å². The first-order valence-corrected chi connectivity index (χ1v) is 31.1. The molecule has 2 aliphatic rings. The first-order valence-electron chi connectivity index (χ1n) is 25.6. The summed E-state index contributed by atoms with van der Waals surface area (Å²) in [7, 11) is -16.2. The van der Waals surface area contributed by atoms with Gasteiger partial charge in [0.05, 0.1) is 36.1 Å². The Morgan fingerprint density at radius 2 is 1.33 bits per heavy atom. The Hall–Kier alpha value is -4.49. The number of phosphoric acid groups is 3. The van der Waals surface area contributed by atoms with Gasteiger partial charge in [-0.3, -0.25) is 42.1 Å². The fourth-order valence-corrected chi connectivity index (χ4v) is 10.7. The third-order valence-corrected chi connectivity index (χ3v) is 16.2. The minimum Gasteiger partial charge on any atom is -0.420 e. The number of aliphatic hydroxyl groups excluding tert-OH is 2. The lowest BCUT2D eigenvalue weighted by atomic mass is 9.84. The molecule has 2 aromatic heterocycles. The fraction of sp³-hybridized carbons (Fsp3) is 0.653. The molecule has 2 saturated heterocycles. The van der Waals surface area contributed by atoms with Gasteiger partial charge < -0.3 is 44.1 Å². The molecular weight excluding hydrogens is 1210 g/mol. The number of benzene rings is 1. The Kier molecular flexibility index (Phi) is 25.9. The molecule has 4 heterocycles. The lowest BCUT2D eigenvalue weighted by Crippen LogP contribution is -2.39. The topological polar surface area (TPSA) is 386 Å². The summed E-state index contributed by atoms with van der Waals surface area (Å²) in [6, 6.07) is 0. The van der Waals surface area contributed by atoms with Gasteiger partial charge in [-0.1, -0.05) is 34.6 Å². The molecule has 27 nitrogen and oxygen atoms in total. The van der Waals surface area contributed by atoms with Crippen molar-refractivity contribution >= 4 is 81.7 Å². The van der Waals surface area contributed by atoms with Crippen LogP contribution in [0.15, 0.2) is 12.7 Å². The third-order valence-electron chi connectivity index (χ3n) is 11.7. The number of hydrogen-bond acceptors (Lipinski definition) is 22. The number of rotatable bonds is 23. The lowest BCUT2D eigenvalue weighted by molar-refractivity contribution is -0.203. The number of ether oxygens (including phenoxy) is 2. The summed E-state index contributed by atoms with van der Waals surface area (Å²) in [5.41, 5.74) is -3.03. The molecule has 0 aliphatic carbocycles. The van der Waals surface area contributed by atoms with Crippen molar-refractivity contribution in [2.75, 3.05) is 19.0 Å². The predicted molar refractivity (Wildman–Crippen MR) is 287 cm³/mol. The van der Waals surface area contributed by atoms with Crippen LogP contribution in [0.1, 0.15) is 139 Å². The van der Waals surface area contributed by atoms with E-state index in [1.54, 1.807) is 39.5 Å². The number of thioether (sulfide) groups is 1. The van der Waals surface area contributed by atoms with Crippen molar-refractivity contribution in [3.63, 3.8) is 0 Å². The number of esters is 1. The van der Waals surface area contributed by atoms with E-state index in [0.717, 1.165) is 12.7 Å². The number of halogens is 4. The van der Waals surface area contributed by atoms with Gasteiger partial charge in [0.1, 0.15) is 42.0 Å². The van der Waals surface area contributed by atoms with Crippen LogP contribution >= 0.6 is 35.2 Å². The Bertz CT molecular complexity index is 2990. The smallest absolute Gasteiger partial charge is 0.420 e. The molecule has 0 saturated carbocycles. The number of fused-ring (bicyclic) bond motifs is 1. The van der Waals surface area contributed by atoms with Gasteiger partial charge in [0.2, 0.25) is 11.6 Å². The van der Waals surface area contributed by atoms with Gasteiger partial charge in [-0.05, 0) is 74.0 Å². The number of aryl methyl sites for hydroxylation is 1. The summed E-state index contributed by atoms with van der Waals surface area (Å²) in [6.07, 6.45) is -4.56. The van der Waals surface area contributed by atoms with Crippen LogP contribution in [0.25, 0.3) is 11.2 Å². The van der Waals surface area contributed by atoms with Crippen molar-refractivity contribution in [2.45, 2.75) is 170 Å². The number of ketones is 2. The van der Waals surface area contributed by atoms with Crippen molar-refractivity contribution in [1.29, 1.82) is 0 Å². The average molecular weight is 1280 g/mol. The van der Waals surface area contributed by atoms with Crippen molar-refractivity contribution < 1.29 is 122 Å².